The zero-order valence-electron chi connectivity index (χ0n) is 18.2. The van der Waals surface area contributed by atoms with Gasteiger partial charge < -0.3 is 20.8 Å². The summed E-state index contributed by atoms with van der Waals surface area (Å²) < 4.78 is 5.26. The third kappa shape index (κ3) is 3.70. The molecule has 2 unspecified atom stereocenters. The zero-order valence-corrected chi connectivity index (χ0v) is 18.2. The number of imidazole rings is 1. The highest BCUT2D eigenvalue weighted by molar-refractivity contribution is 5.84. The van der Waals surface area contributed by atoms with E-state index in [-0.39, 0.29) is 0 Å². The molecular formula is C23H23N9O. The van der Waals surface area contributed by atoms with Crippen LogP contribution in [0.5, 0.6) is 5.88 Å². The van der Waals surface area contributed by atoms with Crippen molar-refractivity contribution in [2.24, 2.45) is 10.7 Å². The van der Waals surface area contributed by atoms with E-state index in [9.17, 15) is 0 Å². The number of aromatic amines is 1. The van der Waals surface area contributed by atoms with Crippen LogP contribution in [0.1, 0.15) is 17.1 Å². The van der Waals surface area contributed by atoms with Gasteiger partial charge in [0.15, 0.2) is 5.65 Å². The van der Waals surface area contributed by atoms with Crippen molar-refractivity contribution in [2.45, 2.75) is 18.5 Å². The topological polar surface area (TPSA) is 140 Å². The van der Waals surface area contributed by atoms with Crippen molar-refractivity contribution in [3.8, 4) is 5.88 Å². The number of aromatic nitrogens is 6. The summed E-state index contributed by atoms with van der Waals surface area (Å²) in [5.74, 6) is 1.10. The lowest BCUT2D eigenvalue weighted by Crippen LogP contribution is -2.47. The molecule has 0 fully saturated rings. The molecule has 4 aromatic rings. The van der Waals surface area contributed by atoms with Crippen LogP contribution in [0.25, 0.3) is 11.2 Å². The van der Waals surface area contributed by atoms with Gasteiger partial charge in [0.2, 0.25) is 5.88 Å². The summed E-state index contributed by atoms with van der Waals surface area (Å²) >= 11 is 0. The average Bonchev–Trinajstić information content (AvgIpc) is 3.32. The van der Waals surface area contributed by atoms with Crippen LogP contribution in [0.4, 0.5) is 5.69 Å². The van der Waals surface area contributed by atoms with Crippen LogP contribution in [0.2, 0.25) is 0 Å². The number of aliphatic imine (C=N–C) groups is 1. The average molecular weight is 441 g/mol. The van der Waals surface area contributed by atoms with Crippen LogP contribution in [-0.2, 0) is 5.41 Å². The molecular weight excluding hydrogens is 418 g/mol. The fourth-order valence-corrected chi connectivity index (χ4v) is 4.06. The SMILES string of the molecule is COc1ccc(C2(c3nc(C)nc4nc[nH]c34)C=C(CNc3cccnc3)C=NC2N)cn1. The number of rotatable bonds is 6. The van der Waals surface area contributed by atoms with E-state index in [1.54, 1.807) is 38.2 Å². The van der Waals surface area contributed by atoms with Crippen LogP contribution >= 0.6 is 0 Å². The number of pyridine rings is 2. The Morgan fingerprint density at radius 1 is 1.18 bits per heavy atom. The van der Waals surface area contributed by atoms with Crippen molar-refractivity contribution in [2.75, 3.05) is 19.0 Å². The second kappa shape index (κ2) is 8.40. The van der Waals surface area contributed by atoms with E-state index in [0.29, 0.717) is 35.1 Å². The highest BCUT2D eigenvalue weighted by atomic mass is 16.5. The maximum atomic E-state index is 6.70. The van der Waals surface area contributed by atoms with Gasteiger partial charge in [0.25, 0.3) is 0 Å². The first kappa shape index (κ1) is 20.7. The molecule has 0 bridgehead atoms. The largest absolute Gasteiger partial charge is 0.481 e. The van der Waals surface area contributed by atoms with Crippen LogP contribution in [-0.4, -0.2) is 55.9 Å². The van der Waals surface area contributed by atoms with Gasteiger partial charge in [-0.3, -0.25) is 9.98 Å². The van der Waals surface area contributed by atoms with Gasteiger partial charge in [0, 0.05) is 37.4 Å². The number of dihydropyridines is 1. The lowest BCUT2D eigenvalue weighted by molar-refractivity contribution is 0.396. The van der Waals surface area contributed by atoms with Crippen LogP contribution in [0.15, 0.2) is 65.8 Å². The number of methoxy groups -OCH3 is 1. The van der Waals surface area contributed by atoms with Gasteiger partial charge in [-0.25, -0.2) is 19.9 Å². The van der Waals surface area contributed by atoms with Crippen molar-refractivity contribution in [3.63, 3.8) is 0 Å². The summed E-state index contributed by atoms with van der Waals surface area (Å²) in [6, 6.07) is 7.59. The Labute approximate surface area is 190 Å². The number of ether oxygens (including phenoxy) is 1. The van der Waals surface area contributed by atoms with Gasteiger partial charge in [-0.05, 0) is 30.2 Å². The summed E-state index contributed by atoms with van der Waals surface area (Å²) in [6.45, 7) is 2.37. The number of anilines is 1. The fourth-order valence-electron chi connectivity index (χ4n) is 4.06. The number of nitrogens with zero attached hydrogens (tertiary/aromatic N) is 6. The lowest BCUT2D eigenvalue weighted by atomic mass is 9.72. The number of hydrogen-bond donors (Lipinski definition) is 3. The maximum absolute atomic E-state index is 6.70. The highest BCUT2D eigenvalue weighted by Crippen LogP contribution is 2.41. The smallest absolute Gasteiger partial charge is 0.212 e. The van der Waals surface area contributed by atoms with Gasteiger partial charge in [-0.15, -0.1) is 0 Å². The van der Waals surface area contributed by atoms with Crippen molar-refractivity contribution in [1.82, 2.24) is 29.9 Å². The molecule has 0 spiro atoms. The Hall–Kier alpha value is -4.18. The first-order valence-electron chi connectivity index (χ1n) is 10.4. The summed E-state index contributed by atoms with van der Waals surface area (Å²) in [5.41, 5.74) is 10.5. The molecule has 10 nitrogen and oxygen atoms in total. The number of H-pyrrole nitrogens is 1. The van der Waals surface area contributed by atoms with Crippen molar-refractivity contribution >= 4 is 23.1 Å². The number of fused-ring (bicyclic) bond motifs is 1. The molecule has 33 heavy (non-hydrogen) atoms. The van der Waals surface area contributed by atoms with Gasteiger partial charge >= 0.3 is 0 Å². The quantitative estimate of drug-likeness (QED) is 0.413. The Kier molecular flexibility index (Phi) is 5.27. The third-order valence-electron chi connectivity index (χ3n) is 5.65. The molecule has 10 heteroatoms. The van der Waals surface area contributed by atoms with Crippen molar-refractivity contribution in [3.05, 3.63) is 77.9 Å². The minimum absolute atomic E-state index is 0.509. The lowest BCUT2D eigenvalue weighted by Gasteiger charge is -2.37. The van der Waals surface area contributed by atoms with Gasteiger partial charge in [0.1, 0.15) is 17.5 Å². The summed E-state index contributed by atoms with van der Waals surface area (Å²) in [7, 11) is 1.58. The van der Waals surface area contributed by atoms with Crippen LogP contribution in [0, 0.1) is 6.92 Å². The van der Waals surface area contributed by atoms with E-state index < -0.39 is 11.6 Å². The number of nitrogens with two attached hydrogens (primary N) is 1. The number of hydrogen-bond acceptors (Lipinski definition) is 9. The van der Waals surface area contributed by atoms with E-state index in [2.05, 4.69) is 41.3 Å². The molecule has 0 amide bonds. The maximum Gasteiger partial charge on any atom is 0.212 e. The zero-order chi connectivity index (χ0) is 22.8. The predicted octanol–water partition coefficient (Wildman–Crippen LogP) is 2.15. The third-order valence-corrected chi connectivity index (χ3v) is 5.65. The molecule has 0 aromatic carbocycles. The molecule has 166 valence electrons. The molecule has 5 rings (SSSR count). The number of aryl methyl sites for hydroxylation is 1. The summed E-state index contributed by atoms with van der Waals surface area (Å²) in [6.07, 6.45) is 10.1. The van der Waals surface area contributed by atoms with Gasteiger partial charge in [0.05, 0.1) is 30.2 Å². The van der Waals surface area contributed by atoms with Gasteiger partial charge in [-0.1, -0.05) is 12.1 Å². The standard InChI is InChI=1S/C23H23N9O/c1-14-31-20(19-21(32-14)30-13-29-19)23(16-5-6-18(33-2)27-11-16)8-15(10-28-22(23)24)9-26-17-4-3-7-25-12-17/h3-8,10-13,22,26H,9,24H2,1-2H3,(H,29,30,31,32). The molecule has 1 aliphatic rings. The van der Waals surface area contributed by atoms with Crippen molar-refractivity contribution < 1.29 is 4.74 Å². The Balaban J connectivity index is 1.67. The van der Waals surface area contributed by atoms with E-state index in [0.717, 1.165) is 16.8 Å². The van der Waals surface area contributed by atoms with E-state index in [4.69, 9.17) is 15.5 Å². The molecule has 0 saturated carbocycles. The molecule has 4 aromatic heterocycles. The molecule has 0 aliphatic carbocycles. The first-order chi connectivity index (χ1) is 16.1. The summed E-state index contributed by atoms with van der Waals surface area (Å²) in [5, 5.41) is 3.38. The molecule has 5 heterocycles. The van der Waals surface area contributed by atoms with Gasteiger partial charge in [-0.2, -0.15) is 0 Å². The Bertz CT molecular complexity index is 1330. The Morgan fingerprint density at radius 2 is 2.09 bits per heavy atom. The normalized spacial score (nSPS) is 20.0. The monoisotopic (exact) mass is 441 g/mol. The van der Waals surface area contributed by atoms with E-state index >= 15 is 0 Å². The second-order valence-corrected chi connectivity index (χ2v) is 7.72. The predicted molar refractivity (Wildman–Crippen MR) is 125 cm³/mol. The molecule has 0 saturated heterocycles. The fraction of sp³-hybridized carbons (Fsp3) is 0.217. The van der Waals surface area contributed by atoms with Crippen LogP contribution in [0.3, 0.4) is 0 Å². The molecule has 4 N–H and O–H groups in total. The molecule has 0 radical (unpaired) electrons. The number of nitrogens with one attached hydrogen (secondary N) is 2. The molecule has 2 atom stereocenters. The van der Waals surface area contributed by atoms with Crippen molar-refractivity contribution in [1.29, 1.82) is 0 Å². The van der Waals surface area contributed by atoms with E-state index in [1.165, 1.54) is 0 Å². The Morgan fingerprint density at radius 3 is 2.85 bits per heavy atom. The second-order valence-electron chi connectivity index (χ2n) is 7.72. The van der Waals surface area contributed by atoms with E-state index in [1.807, 2.05) is 31.2 Å². The summed E-state index contributed by atoms with van der Waals surface area (Å²) in [4.78, 5) is 30.1. The van der Waals surface area contributed by atoms with Crippen LogP contribution < -0.4 is 15.8 Å². The molecule has 1 aliphatic heterocycles. The minimum atomic E-state index is -0.904. The first-order valence-corrected chi connectivity index (χ1v) is 10.4. The highest BCUT2D eigenvalue weighted by Gasteiger charge is 2.44. The minimum Gasteiger partial charge on any atom is -0.481 e.